The minimum absolute atomic E-state index is 0.201. The van der Waals surface area contributed by atoms with Crippen molar-refractivity contribution in [3.05, 3.63) is 96.8 Å². The van der Waals surface area contributed by atoms with Crippen LogP contribution in [0.4, 0.5) is 0 Å². The second-order valence-corrected chi connectivity index (χ2v) is 10.1. The SMILES string of the molecule is CCCC1=C(C(=O)OCC)[C@H](c2ccccc2OC)n2c(s/c(=C\c3cn(CC#N)c4ccccc34)c2=O)=N1. The van der Waals surface area contributed by atoms with Crippen LogP contribution in [0.2, 0.25) is 0 Å². The average Bonchev–Trinajstić information content (AvgIpc) is 3.45. The Morgan fingerprint density at radius 3 is 2.69 bits per heavy atom. The van der Waals surface area contributed by atoms with Crippen LogP contribution in [-0.4, -0.2) is 28.8 Å². The van der Waals surface area contributed by atoms with Crippen LogP contribution in [0.15, 0.2) is 75.8 Å². The molecule has 5 rings (SSSR count). The molecule has 0 N–H and O–H groups in total. The number of allylic oxidation sites excluding steroid dienone is 1. The summed E-state index contributed by atoms with van der Waals surface area (Å²) in [4.78, 5) is 32.8. The van der Waals surface area contributed by atoms with Gasteiger partial charge in [0.1, 0.15) is 18.3 Å². The quantitative estimate of drug-likeness (QED) is 0.314. The van der Waals surface area contributed by atoms with E-state index in [2.05, 4.69) is 6.07 Å². The van der Waals surface area contributed by atoms with Crippen molar-refractivity contribution >= 4 is 34.3 Å². The topological polar surface area (TPSA) is 98.6 Å². The molecule has 1 aliphatic heterocycles. The molecule has 1 atom stereocenters. The van der Waals surface area contributed by atoms with Gasteiger partial charge < -0.3 is 14.0 Å². The van der Waals surface area contributed by atoms with E-state index in [1.54, 1.807) is 18.6 Å². The number of aromatic nitrogens is 2. The Bertz CT molecular complexity index is 1820. The van der Waals surface area contributed by atoms with Crippen LogP contribution >= 0.6 is 11.3 Å². The van der Waals surface area contributed by atoms with Gasteiger partial charge in [-0.15, -0.1) is 0 Å². The zero-order chi connectivity index (χ0) is 27.5. The minimum Gasteiger partial charge on any atom is -0.496 e. The van der Waals surface area contributed by atoms with E-state index in [0.29, 0.717) is 38.3 Å². The van der Waals surface area contributed by atoms with Gasteiger partial charge in [0.15, 0.2) is 4.80 Å². The largest absolute Gasteiger partial charge is 0.496 e. The van der Waals surface area contributed by atoms with Crippen molar-refractivity contribution in [3.63, 3.8) is 0 Å². The number of hydrogen-bond donors (Lipinski definition) is 0. The fraction of sp³-hybridized carbons (Fsp3) is 0.267. The molecule has 0 radical (unpaired) electrons. The van der Waals surface area contributed by atoms with E-state index >= 15 is 0 Å². The minimum atomic E-state index is -0.750. The van der Waals surface area contributed by atoms with E-state index < -0.39 is 12.0 Å². The highest BCUT2D eigenvalue weighted by atomic mass is 32.1. The number of carbonyl (C=O) groups excluding carboxylic acids is 1. The Kier molecular flexibility index (Phi) is 7.48. The molecule has 0 spiro atoms. The number of esters is 1. The van der Waals surface area contributed by atoms with Gasteiger partial charge in [-0.05, 0) is 31.6 Å². The van der Waals surface area contributed by atoms with Gasteiger partial charge in [-0.3, -0.25) is 9.36 Å². The first-order valence-corrected chi connectivity index (χ1v) is 13.6. The molecule has 198 valence electrons. The molecule has 0 saturated carbocycles. The molecule has 4 aromatic rings. The number of hydrogen-bond acceptors (Lipinski definition) is 7. The fourth-order valence-corrected chi connectivity index (χ4v) is 6.06. The van der Waals surface area contributed by atoms with Crippen molar-refractivity contribution in [2.24, 2.45) is 4.99 Å². The second-order valence-electron chi connectivity index (χ2n) is 9.04. The zero-order valence-electron chi connectivity index (χ0n) is 22.0. The third-order valence-electron chi connectivity index (χ3n) is 6.67. The number of para-hydroxylation sites is 2. The van der Waals surface area contributed by atoms with E-state index in [4.69, 9.17) is 14.5 Å². The van der Waals surface area contributed by atoms with Crippen molar-refractivity contribution in [3.8, 4) is 11.8 Å². The molecule has 0 unspecified atom stereocenters. The monoisotopic (exact) mass is 540 g/mol. The van der Waals surface area contributed by atoms with Crippen LogP contribution in [0, 0.1) is 11.3 Å². The molecule has 3 heterocycles. The molecule has 2 aromatic carbocycles. The molecule has 1 aliphatic rings. The van der Waals surface area contributed by atoms with Crippen LogP contribution in [-0.2, 0) is 16.1 Å². The molecular formula is C30H28N4O4S. The molecule has 2 aromatic heterocycles. The van der Waals surface area contributed by atoms with Gasteiger partial charge in [0.25, 0.3) is 5.56 Å². The van der Waals surface area contributed by atoms with Crippen molar-refractivity contribution < 1.29 is 14.3 Å². The number of carbonyl (C=O) groups is 1. The zero-order valence-corrected chi connectivity index (χ0v) is 22.8. The number of nitriles is 1. The number of benzene rings is 2. The summed E-state index contributed by atoms with van der Waals surface area (Å²) in [6.45, 7) is 4.19. The van der Waals surface area contributed by atoms with Crippen LogP contribution in [0.3, 0.4) is 0 Å². The number of rotatable bonds is 8. The molecule has 0 fully saturated rings. The second kappa shape index (κ2) is 11.1. The molecule has 0 saturated heterocycles. The standard InChI is InChI=1S/C30H28N4O4S/c1-4-10-22-26(29(36)38-5-2)27(21-12-7-9-14-24(21)37-3)34-28(35)25(39-30(34)32-22)17-19-18-33(16-15-31)23-13-8-6-11-20(19)23/h6-9,11-14,17-18,27H,4-5,10,16H2,1-3H3/b25-17-/t27-/m0/s1. The number of fused-ring (bicyclic) bond motifs is 2. The number of methoxy groups -OCH3 is 1. The lowest BCUT2D eigenvalue weighted by Crippen LogP contribution is -2.40. The van der Waals surface area contributed by atoms with E-state index in [9.17, 15) is 14.9 Å². The summed E-state index contributed by atoms with van der Waals surface area (Å²) in [6.07, 6.45) is 5.06. The van der Waals surface area contributed by atoms with Crippen molar-refractivity contribution in [1.29, 1.82) is 5.26 Å². The summed E-state index contributed by atoms with van der Waals surface area (Å²) < 4.78 is 15.1. The van der Waals surface area contributed by atoms with Gasteiger partial charge in [0.2, 0.25) is 0 Å². The van der Waals surface area contributed by atoms with Gasteiger partial charge in [-0.25, -0.2) is 9.79 Å². The molecule has 39 heavy (non-hydrogen) atoms. The first kappa shape index (κ1) is 26.2. The van der Waals surface area contributed by atoms with Crippen LogP contribution < -0.4 is 19.6 Å². The number of nitrogens with zero attached hydrogens (tertiary/aromatic N) is 4. The Balaban J connectivity index is 1.80. The lowest BCUT2D eigenvalue weighted by atomic mass is 9.93. The van der Waals surface area contributed by atoms with Gasteiger partial charge in [-0.2, -0.15) is 5.26 Å². The third kappa shape index (κ3) is 4.68. The predicted molar refractivity (Wildman–Crippen MR) is 150 cm³/mol. The lowest BCUT2D eigenvalue weighted by Gasteiger charge is -2.26. The van der Waals surface area contributed by atoms with Gasteiger partial charge in [-0.1, -0.05) is 61.1 Å². The Morgan fingerprint density at radius 2 is 1.95 bits per heavy atom. The fourth-order valence-electron chi connectivity index (χ4n) is 5.05. The smallest absolute Gasteiger partial charge is 0.338 e. The van der Waals surface area contributed by atoms with E-state index in [1.165, 1.54) is 11.3 Å². The summed E-state index contributed by atoms with van der Waals surface area (Å²) >= 11 is 1.28. The molecule has 0 amide bonds. The summed E-state index contributed by atoms with van der Waals surface area (Å²) in [5.41, 5.74) is 3.14. The highest BCUT2D eigenvalue weighted by Crippen LogP contribution is 2.36. The Morgan fingerprint density at radius 1 is 1.18 bits per heavy atom. The van der Waals surface area contributed by atoms with Gasteiger partial charge in [0.05, 0.1) is 35.6 Å². The van der Waals surface area contributed by atoms with Crippen LogP contribution in [0.1, 0.15) is 43.9 Å². The molecular weight excluding hydrogens is 512 g/mol. The average molecular weight is 541 g/mol. The maximum Gasteiger partial charge on any atom is 0.338 e. The first-order chi connectivity index (χ1) is 19.0. The van der Waals surface area contributed by atoms with Gasteiger partial charge >= 0.3 is 5.97 Å². The van der Waals surface area contributed by atoms with E-state index in [-0.39, 0.29) is 18.7 Å². The van der Waals surface area contributed by atoms with Gasteiger partial charge in [0, 0.05) is 28.2 Å². The van der Waals surface area contributed by atoms with E-state index in [1.807, 2.05) is 72.3 Å². The van der Waals surface area contributed by atoms with Crippen LogP contribution in [0.25, 0.3) is 17.0 Å². The Labute approximate surface area is 229 Å². The summed E-state index contributed by atoms with van der Waals surface area (Å²) in [5, 5.41) is 10.2. The number of ether oxygens (including phenoxy) is 2. The molecule has 8 nitrogen and oxygen atoms in total. The maximum absolute atomic E-state index is 14.1. The first-order valence-electron chi connectivity index (χ1n) is 12.8. The Hall–Kier alpha value is -4.42. The number of thiazole rings is 1. The van der Waals surface area contributed by atoms with Crippen molar-refractivity contribution in [1.82, 2.24) is 9.13 Å². The highest BCUT2D eigenvalue weighted by Gasteiger charge is 2.35. The molecule has 9 heteroatoms. The predicted octanol–water partition coefficient (Wildman–Crippen LogP) is 4.07. The van der Waals surface area contributed by atoms with Crippen LogP contribution in [0.5, 0.6) is 5.75 Å². The van der Waals surface area contributed by atoms with Crippen molar-refractivity contribution in [2.75, 3.05) is 13.7 Å². The molecule has 0 aliphatic carbocycles. The van der Waals surface area contributed by atoms with E-state index in [0.717, 1.165) is 22.9 Å². The van der Waals surface area contributed by atoms with Crippen molar-refractivity contribution in [2.45, 2.75) is 39.3 Å². The molecule has 0 bridgehead atoms. The summed E-state index contributed by atoms with van der Waals surface area (Å²) in [6, 6.07) is 16.6. The lowest BCUT2D eigenvalue weighted by molar-refractivity contribution is -0.139. The maximum atomic E-state index is 14.1. The summed E-state index contributed by atoms with van der Waals surface area (Å²) in [7, 11) is 1.57. The highest BCUT2D eigenvalue weighted by molar-refractivity contribution is 7.07. The summed E-state index contributed by atoms with van der Waals surface area (Å²) in [5.74, 6) is 0.0747. The normalized spacial score (nSPS) is 15.1. The third-order valence-corrected chi connectivity index (χ3v) is 7.66.